The van der Waals surface area contributed by atoms with Crippen LogP contribution in [0.5, 0.6) is 0 Å². The molecule has 1 saturated carbocycles. The van der Waals surface area contributed by atoms with Crippen LogP contribution in [0.15, 0.2) is 53.0 Å². The number of benzene rings is 2. The summed E-state index contributed by atoms with van der Waals surface area (Å²) < 4.78 is 14.1. The van der Waals surface area contributed by atoms with Gasteiger partial charge in [-0.05, 0) is 0 Å². The normalized spacial score (nSPS) is 18.5. The van der Waals surface area contributed by atoms with Crippen molar-refractivity contribution in [1.82, 2.24) is 0 Å². The molecule has 0 saturated heterocycles. The first kappa shape index (κ1) is 19.1. The van der Waals surface area contributed by atoms with Gasteiger partial charge >= 0.3 is 165 Å². The number of rotatable bonds is 6. The molecule has 3 rings (SSSR count). The molecule has 0 spiro atoms. The van der Waals surface area contributed by atoms with Crippen molar-refractivity contribution in [2.45, 2.75) is 54.0 Å². The predicted octanol–water partition coefficient (Wildman–Crippen LogP) is 5.69. The molecule has 0 heterocycles. The van der Waals surface area contributed by atoms with Gasteiger partial charge < -0.3 is 0 Å². The van der Waals surface area contributed by atoms with E-state index in [0.29, 0.717) is 0 Å². The fraction of sp³-hybridized carbons (Fsp3) is 0.429. The van der Waals surface area contributed by atoms with Gasteiger partial charge in [0.05, 0.1) is 0 Å². The molecular weight excluding hydrogens is 442 g/mol. The molecule has 0 bridgehead atoms. The van der Waals surface area contributed by atoms with Crippen molar-refractivity contribution in [2.24, 2.45) is 0 Å². The maximum absolute atomic E-state index is 13.1. The first-order valence-corrected chi connectivity index (χ1v) is 12.4. The summed E-state index contributed by atoms with van der Waals surface area (Å²) in [6.07, 6.45) is 5.28. The third-order valence-electron chi connectivity index (χ3n) is 5.14. The fourth-order valence-electron chi connectivity index (χ4n) is 3.73. The van der Waals surface area contributed by atoms with E-state index in [2.05, 4.69) is 34.1 Å². The van der Waals surface area contributed by atoms with Gasteiger partial charge in [-0.15, -0.1) is 0 Å². The molecule has 2 aromatic rings. The van der Waals surface area contributed by atoms with Crippen LogP contribution in [0.1, 0.15) is 49.1 Å². The average molecular weight is 466 g/mol. The van der Waals surface area contributed by atoms with E-state index in [4.69, 9.17) is 0 Å². The Labute approximate surface area is 164 Å². The van der Waals surface area contributed by atoms with Gasteiger partial charge in [0.25, 0.3) is 0 Å². The molecule has 0 amide bonds. The zero-order valence-electron chi connectivity index (χ0n) is 14.3. The Hall–Kier alpha value is -0.632. The summed E-state index contributed by atoms with van der Waals surface area (Å²) in [7, 11) is 0. The van der Waals surface area contributed by atoms with E-state index >= 15 is 0 Å². The molecule has 1 aliphatic rings. The molecule has 1 aliphatic carbocycles. The topological polar surface area (TPSA) is 20.2 Å². The molecule has 1 atom stereocenters. The van der Waals surface area contributed by atoms with Crippen LogP contribution in [0.2, 0.25) is 5.21 Å². The molecule has 1 radical (unpaired) electrons. The van der Waals surface area contributed by atoms with Gasteiger partial charge in [-0.2, -0.15) is 0 Å². The third-order valence-corrected chi connectivity index (χ3v) is 8.17. The minimum atomic E-state index is -0.572. The number of hydrogen-bond donors (Lipinski definition) is 1. The molecule has 1 fully saturated rings. The van der Waals surface area contributed by atoms with Crippen molar-refractivity contribution in [3.63, 3.8) is 0 Å². The second-order valence-electron chi connectivity index (χ2n) is 6.96. The second kappa shape index (κ2) is 8.84. The van der Waals surface area contributed by atoms with Crippen molar-refractivity contribution >= 4 is 31.7 Å². The van der Waals surface area contributed by atoms with Crippen LogP contribution in [0.3, 0.4) is 0 Å². The van der Waals surface area contributed by atoms with Gasteiger partial charge in [0, 0.05) is 0 Å². The number of halogens is 2. The molecule has 0 aliphatic heterocycles. The van der Waals surface area contributed by atoms with Crippen LogP contribution in [0.25, 0.3) is 0 Å². The zero-order valence-corrected chi connectivity index (χ0v) is 17.8. The van der Waals surface area contributed by atoms with E-state index in [-0.39, 0.29) is 27.5 Å². The van der Waals surface area contributed by atoms with Gasteiger partial charge in [-0.1, -0.05) is 0 Å². The van der Waals surface area contributed by atoms with Gasteiger partial charge in [0.15, 0.2) is 0 Å². The van der Waals surface area contributed by atoms with Crippen LogP contribution in [-0.4, -0.2) is 26.5 Å². The Morgan fingerprint density at radius 3 is 2.48 bits per heavy atom. The molecule has 1 N–H and O–H groups in total. The van der Waals surface area contributed by atoms with E-state index in [1.807, 2.05) is 18.2 Å². The summed E-state index contributed by atoms with van der Waals surface area (Å²) in [5, 5.41) is 13.4. The van der Waals surface area contributed by atoms with E-state index in [0.717, 1.165) is 40.6 Å². The molecule has 133 valence electrons. The Morgan fingerprint density at radius 1 is 1.08 bits per heavy atom. The fourth-order valence-corrected chi connectivity index (χ4v) is 7.10. The van der Waals surface area contributed by atoms with Crippen LogP contribution >= 0.6 is 15.9 Å². The minimum absolute atomic E-state index is 0.0639. The molecule has 1 nitrogen and oxygen atoms in total. The maximum atomic E-state index is 13.1. The molecular formula is C21H24AsBrFO. The number of hydrogen-bond acceptors (Lipinski definition) is 1. The molecule has 2 aromatic carbocycles. The van der Waals surface area contributed by atoms with Crippen molar-refractivity contribution in [3.05, 3.63) is 69.9 Å². The summed E-state index contributed by atoms with van der Waals surface area (Å²) in [5.41, 5.74) is 1.87. The SMILES string of the molecule is OC1(C(C[As]Cc2ccc(F)cc2)c2cccc(Br)c2)CCCCC1. The predicted molar refractivity (Wildman–Crippen MR) is 106 cm³/mol. The van der Waals surface area contributed by atoms with E-state index in [9.17, 15) is 9.50 Å². The van der Waals surface area contributed by atoms with Crippen molar-refractivity contribution in [3.8, 4) is 0 Å². The van der Waals surface area contributed by atoms with E-state index in [1.165, 1.54) is 29.7 Å². The van der Waals surface area contributed by atoms with E-state index < -0.39 is 5.60 Å². The van der Waals surface area contributed by atoms with E-state index in [1.54, 1.807) is 0 Å². The second-order valence-corrected chi connectivity index (χ2v) is 10.2. The molecule has 1 unspecified atom stereocenters. The van der Waals surface area contributed by atoms with Crippen LogP contribution in [-0.2, 0) is 5.21 Å². The Morgan fingerprint density at radius 2 is 1.80 bits per heavy atom. The van der Waals surface area contributed by atoms with Crippen molar-refractivity contribution < 1.29 is 9.50 Å². The average Bonchev–Trinajstić information content (AvgIpc) is 2.61. The summed E-state index contributed by atoms with van der Waals surface area (Å²) in [4.78, 5) is 0. The van der Waals surface area contributed by atoms with Crippen LogP contribution in [0.4, 0.5) is 4.39 Å². The molecule has 4 heteroatoms. The van der Waals surface area contributed by atoms with Crippen LogP contribution < -0.4 is 0 Å². The first-order chi connectivity index (χ1) is 12.1. The van der Waals surface area contributed by atoms with Crippen molar-refractivity contribution in [1.29, 1.82) is 0 Å². The van der Waals surface area contributed by atoms with Gasteiger partial charge in [-0.25, -0.2) is 0 Å². The molecule has 0 aromatic heterocycles. The monoisotopic (exact) mass is 465 g/mol. The first-order valence-electron chi connectivity index (χ1n) is 8.92. The molecule has 25 heavy (non-hydrogen) atoms. The van der Waals surface area contributed by atoms with Gasteiger partial charge in [0.1, 0.15) is 0 Å². The van der Waals surface area contributed by atoms with Gasteiger partial charge in [-0.3, -0.25) is 0 Å². The summed E-state index contributed by atoms with van der Waals surface area (Å²) in [5.74, 6) is 0.0225. The summed E-state index contributed by atoms with van der Waals surface area (Å²) in [6.45, 7) is 0. The summed E-state index contributed by atoms with van der Waals surface area (Å²) >= 11 is 3.64. The number of aliphatic hydroxyl groups is 1. The quantitative estimate of drug-likeness (QED) is 0.543. The van der Waals surface area contributed by atoms with Gasteiger partial charge in [0.2, 0.25) is 0 Å². The Kier molecular flexibility index (Phi) is 6.77. The zero-order chi connectivity index (χ0) is 17.7. The standard InChI is InChI=1S/C21H24AsBrFO/c23-18-6-4-5-17(13-18)20(21(25)11-2-1-3-12-21)15-22-14-16-7-9-19(24)10-8-16/h4-10,13,20,25H,1-3,11-12,14-15H2. The van der Waals surface area contributed by atoms with Crippen LogP contribution in [0, 0.1) is 5.82 Å². The third kappa shape index (κ3) is 5.18. The Bertz CT molecular complexity index is 683. The van der Waals surface area contributed by atoms with Crippen molar-refractivity contribution in [2.75, 3.05) is 0 Å². The Balaban J connectivity index is 1.73. The summed E-state index contributed by atoms with van der Waals surface area (Å²) in [6, 6.07) is 15.3.